The van der Waals surface area contributed by atoms with Crippen molar-refractivity contribution in [1.82, 2.24) is 15.5 Å². The fourth-order valence-electron chi connectivity index (χ4n) is 1.62. The van der Waals surface area contributed by atoms with Crippen molar-refractivity contribution in [2.24, 2.45) is 11.5 Å². The van der Waals surface area contributed by atoms with Crippen molar-refractivity contribution < 1.29 is 29.1 Å². The van der Waals surface area contributed by atoms with Crippen LogP contribution in [0.3, 0.4) is 0 Å². The molecule has 0 radical (unpaired) electrons. The molecule has 140 valence electrons. The minimum atomic E-state index is -1.12. The minimum absolute atomic E-state index is 0.0154. The summed E-state index contributed by atoms with van der Waals surface area (Å²) in [4.78, 5) is 35.9. The van der Waals surface area contributed by atoms with Crippen molar-refractivity contribution in [3.63, 3.8) is 0 Å². The summed E-state index contributed by atoms with van der Waals surface area (Å²) in [6.07, 6.45) is 0. The fraction of sp³-hybridized carbons (Fsp3) is 0.267. The van der Waals surface area contributed by atoms with Crippen LogP contribution >= 0.6 is 0 Å². The van der Waals surface area contributed by atoms with E-state index >= 15 is 0 Å². The molecule has 0 saturated heterocycles. The van der Waals surface area contributed by atoms with Crippen LogP contribution in [0.15, 0.2) is 28.8 Å². The summed E-state index contributed by atoms with van der Waals surface area (Å²) in [6, 6.07) is 4.87. The van der Waals surface area contributed by atoms with Gasteiger partial charge < -0.3 is 31.5 Å². The standard InChI is InChI=1S/C13H14N4O5.C2H5NO/c14-9(6-18)11-16-10(22-17-11)5-15-12(19)7-2-1-3-8(4-7)13(20)21;1-2(3)4/h1-4,9,18H,5-6,14H2,(H,15,19)(H,20,21);1H3,(H2,3,4). The maximum atomic E-state index is 11.9. The summed E-state index contributed by atoms with van der Waals surface area (Å²) in [6.45, 7) is 0.939. The van der Waals surface area contributed by atoms with Gasteiger partial charge in [0.15, 0.2) is 5.82 Å². The average molecular weight is 365 g/mol. The van der Waals surface area contributed by atoms with Crippen LogP contribution in [0.5, 0.6) is 0 Å². The van der Waals surface area contributed by atoms with Gasteiger partial charge in [-0.2, -0.15) is 4.98 Å². The van der Waals surface area contributed by atoms with Crippen LogP contribution in [0, 0.1) is 0 Å². The number of aromatic carboxylic acids is 1. The lowest BCUT2D eigenvalue weighted by Crippen LogP contribution is -2.23. The Morgan fingerprint density at radius 3 is 2.50 bits per heavy atom. The number of nitrogens with one attached hydrogen (secondary N) is 1. The van der Waals surface area contributed by atoms with E-state index < -0.39 is 17.9 Å². The molecule has 0 aliphatic rings. The number of aliphatic hydroxyl groups is 1. The van der Waals surface area contributed by atoms with Crippen molar-refractivity contribution in [3.05, 3.63) is 47.1 Å². The van der Waals surface area contributed by atoms with Crippen LogP contribution < -0.4 is 16.8 Å². The largest absolute Gasteiger partial charge is 0.478 e. The van der Waals surface area contributed by atoms with E-state index in [9.17, 15) is 14.4 Å². The van der Waals surface area contributed by atoms with Crippen LogP contribution in [0.2, 0.25) is 0 Å². The molecule has 7 N–H and O–H groups in total. The molecule has 0 fully saturated rings. The van der Waals surface area contributed by atoms with Crippen molar-refractivity contribution >= 4 is 17.8 Å². The van der Waals surface area contributed by atoms with E-state index in [0.29, 0.717) is 0 Å². The Morgan fingerprint density at radius 1 is 1.31 bits per heavy atom. The number of carbonyl (C=O) groups is 3. The smallest absolute Gasteiger partial charge is 0.335 e. The van der Waals surface area contributed by atoms with Crippen molar-refractivity contribution in [3.8, 4) is 0 Å². The molecule has 1 aromatic heterocycles. The number of hydrogen-bond acceptors (Lipinski definition) is 8. The van der Waals surface area contributed by atoms with Gasteiger partial charge in [-0.1, -0.05) is 11.2 Å². The number of carboxylic acid groups (broad SMARTS) is 1. The number of rotatable bonds is 6. The zero-order valence-corrected chi connectivity index (χ0v) is 13.9. The number of nitrogens with two attached hydrogens (primary N) is 2. The van der Waals surface area contributed by atoms with Crippen LogP contribution in [-0.2, 0) is 11.3 Å². The highest BCUT2D eigenvalue weighted by atomic mass is 16.5. The van der Waals surface area contributed by atoms with E-state index in [1.165, 1.54) is 31.2 Å². The topological polar surface area (TPSA) is 195 Å². The average Bonchev–Trinajstić information content (AvgIpc) is 3.07. The lowest BCUT2D eigenvalue weighted by atomic mass is 10.1. The van der Waals surface area contributed by atoms with E-state index in [4.69, 9.17) is 20.5 Å². The summed E-state index contributed by atoms with van der Waals surface area (Å²) >= 11 is 0. The predicted octanol–water partition coefficient (Wildman–Crippen LogP) is -0.818. The number of aliphatic hydroxyl groups excluding tert-OH is 1. The SMILES string of the molecule is CC(N)=O.NC(CO)c1noc(CNC(=O)c2cccc(C(=O)O)c2)n1. The molecule has 2 amide bonds. The monoisotopic (exact) mass is 365 g/mol. The molecule has 2 aromatic rings. The highest BCUT2D eigenvalue weighted by Crippen LogP contribution is 2.07. The number of primary amides is 1. The first-order valence-corrected chi connectivity index (χ1v) is 7.31. The third-order valence-corrected chi connectivity index (χ3v) is 2.78. The Balaban J connectivity index is 0.000000765. The molecule has 1 atom stereocenters. The van der Waals surface area contributed by atoms with E-state index in [1.54, 1.807) is 0 Å². The molecule has 1 aromatic carbocycles. The molecule has 0 spiro atoms. The zero-order valence-electron chi connectivity index (χ0n) is 13.9. The van der Waals surface area contributed by atoms with Gasteiger partial charge in [0, 0.05) is 12.5 Å². The zero-order chi connectivity index (χ0) is 19.7. The highest BCUT2D eigenvalue weighted by Gasteiger charge is 2.14. The molecule has 0 saturated carbocycles. The number of carboxylic acids is 1. The van der Waals surface area contributed by atoms with Gasteiger partial charge in [-0.15, -0.1) is 0 Å². The maximum absolute atomic E-state index is 11.9. The summed E-state index contributed by atoms with van der Waals surface area (Å²) in [5.74, 6) is -1.66. The molecular formula is C15H19N5O6. The van der Waals surface area contributed by atoms with Gasteiger partial charge in [0.05, 0.1) is 24.8 Å². The first-order chi connectivity index (χ1) is 12.2. The highest BCUT2D eigenvalue weighted by molar-refractivity contribution is 5.97. The van der Waals surface area contributed by atoms with Crippen molar-refractivity contribution in [1.29, 1.82) is 0 Å². The summed E-state index contributed by atoms with van der Waals surface area (Å²) in [5.41, 5.74) is 10.2. The number of benzene rings is 1. The summed E-state index contributed by atoms with van der Waals surface area (Å²) in [5, 5.41) is 23.8. The van der Waals surface area contributed by atoms with E-state index in [0.717, 1.165) is 0 Å². The molecule has 2 rings (SSSR count). The van der Waals surface area contributed by atoms with E-state index in [2.05, 4.69) is 21.2 Å². The Labute approximate surface area is 148 Å². The number of carbonyl (C=O) groups excluding carboxylic acids is 2. The third kappa shape index (κ3) is 6.67. The number of amides is 2. The second-order valence-corrected chi connectivity index (χ2v) is 5.01. The molecule has 1 heterocycles. The molecule has 1 unspecified atom stereocenters. The molecule has 0 aliphatic carbocycles. The lowest BCUT2D eigenvalue weighted by molar-refractivity contribution is -0.115. The predicted molar refractivity (Wildman–Crippen MR) is 87.8 cm³/mol. The van der Waals surface area contributed by atoms with Gasteiger partial charge in [0.25, 0.3) is 5.91 Å². The minimum Gasteiger partial charge on any atom is -0.478 e. The first kappa shape index (κ1) is 20.7. The Kier molecular flexibility index (Phi) is 7.86. The van der Waals surface area contributed by atoms with Crippen LogP contribution in [0.1, 0.15) is 45.4 Å². The van der Waals surface area contributed by atoms with Gasteiger partial charge in [0.2, 0.25) is 11.8 Å². The third-order valence-electron chi connectivity index (χ3n) is 2.78. The van der Waals surface area contributed by atoms with Crippen LogP contribution in [-0.4, -0.2) is 44.7 Å². The summed E-state index contributed by atoms with van der Waals surface area (Å²) in [7, 11) is 0. The van der Waals surface area contributed by atoms with Crippen LogP contribution in [0.25, 0.3) is 0 Å². The Hall–Kier alpha value is -3.31. The van der Waals surface area contributed by atoms with E-state index in [1.807, 2.05) is 0 Å². The molecule has 26 heavy (non-hydrogen) atoms. The van der Waals surface area contributed by atoms with Gasteiger partial charge in [-0.05, 0) is 18.2 Å². The first-order valence-electron chi connectivity index (χ1n) is 7.31. The van der Waals surface area contributed by atoms with Gasteiger partial charge in [-0.25, -0.2) is 4.79 Å². The number of aromatic nitrogens is 2. The maximum Gasteiger partial charge on any atom is 0.335 e. The summed E-state index contributed by atoms with van der Waals surface area (Å²) < 4.78 is 4.87. The molecule has 11 heteroatoms. The fourth-order valence-corrected chi connectivity index (χ4v) is 1.62. The molecular weight excluding hydrogens is 346 g/mol. The second-order valence-electron chi connectivity index (χ2n) is 5.01. The van der Waals surface area contributed by atoms with Crippen molar-refractivity contribution in [2.45, 2.75) is 19.5 Å². The Morgan fingerprint density at radius 2 is 1.92 bits per heavy atom. The quantitative estimate of drug-likeness (QED) is 0.434. The number of hydrogen-bond donors (Lipinski definition) is 5. The Bertz CT molecular complexity index is 771. The normalized spacial score (nSPS) is 11.0. The van der Waals surface area contributed by atoms with Gasteiger partial charge in [0.1, 0.15) is 0 Å². The molecule has 0 aliphatic heterocycles. The van der Waals surface area contributed by atoms with Crippen LogP contribution in [0.4, 0.5) is 0 Å². The number of nitrogens with zero attached hydrogens (tertiary/aromatic N) is 2. The second kappa shape index (κ2) is 9.86. The van der Waals surface area contributed by atoms with E-state index in [-0.39, 0.29) is 41.9 Å². The van der Waals surface area contributed by atoms with Gasteiger partial charge in [-0.3, -0.25) is 9.59 Å². The lowest BCUT2D eigenvalue weighted by Gasteiger charge is -2.03. The van der Waals surface area contributed by atoms with Crippen molar-refractivity contribution in [2.75, 3.05) is 6.61 Å². The van der Waals surface area contributed by atoms with Gasteiger partial charge >= 0.3 is 5.97 Å². The molecule has 0 bridgehead atoms. The molecule has 11 nitrogen and oxygen atoms in total.